The third-order valence-corrected chi connectivity index (χ3v) is 3.61. The molecule has 0 rings (SSSR count). The molecule has 0 aromatic rings. The van der Waals surface area contributed by atoms with Crippen LogP contribution in [-0.4, -0.2) is 44.6 Å². The van der Waals surface area contributed by atoms with Crippen molar-refractivity contribution in [2.24, 2.45) is 11.3 Å². The van der Waals surface area contributed by atoms with Gasteiger partial charge in [0, 0.05) is 13.1 Å². The summed E-state index contributed by atoms with van der Waals surface area (Å²) in [5.41, 5.74) is 0.110. The normalized spacial score (nSPS) is 13.0. The van der Waals surface area contributed by atoms with E-state index in [1.54, 1.807) is 11.9 Å². The summed E-state index contributed by atoms with van der Waals surface area (Å²) >= 11 is 0. The average molecular weight is 264 g/mol. The minimum atomic E-state index is -2.25. The van der Waals surface area contributed by atoms with Crippen LogP contribution in [0.5, 0.6) is 0 Å². The summed E-state index contributed by atoms with van der Waals surface area (Å²) in [4.78, 5) is 1.76. The monoisotopic (exact) mass is 264 g/mol. The van der Waals surface area contributed by atoms with E-state index < -0.39 is 6.43 Å². The van der Waals surface area contributed by atoms with Crippen molar-refractivity contribution in [3.63, 3.8) is 0 Å². The zero-order valence-corrected chi connectivity index (χ0v) is 12.6. The third-order valence-electron chi connectivity index (χ3n) is 3.61. The molecule has 18 heavy (non-hydrogen) atoms. The molecule has 0 aliphatic heterocycles. The molecule has 0 aromatic heterocycles. The average Bonchev–Trinajstić information content (AvgIpc) is 2.26. The first-order valence-corrected chi connectivity index (χ1v) is 7.02. The Hall–Kier alpha value is -0.220. The molecule has 0 unspecified atom stereocenters. The van der Waals surface area contributed by atoms with Crippen LogP contribution < -0.4 is 5.32 Å². The van der Waals surface area contributed by atoms with Gasteiger partial charge in [-0.25, -0.2) is 8.78 Å². The molecule has 0 spiro atoms. The largest absolute Gasteiger partial charge is 0.316 e. The number of nitrogens with one attached hydrogen (secondary N) is 1. The van der Waals surface area contributed by atoms with E-state index in [1.807, 2.05) is 0 Å². The SMILES string of the molecule is CCC(CC)(CNCC(C)C)CN(C)CC(F)F. The van der Waals surface area contributed by atoms with Crippen LogP contribution in [0.25, 0.3) is 0 Å². The zero-order valence-electron chi connectivity index (χ0n) is 12.6. The van der Waals surface area contributed by atoms with Gasteiger partial charge in [0.2, 0.25) is 0 Å². The quantitative estimate of drug-likeness (QED) is 0.651. The summed E-state index contributed by atoms with van der Waals surface area (Å²) in [6, 6.07) is 0. The second-order valence-electron chi connectivity index (χ2n) is 5.82. The highest BCUT2D eigenvalue weighted by atomic mass is 19.3. The van der Waals surface area contributed by atoms with E-state index in [9.17, 15) is 8.78 Å². The lowest BCUT2D eigenvalue weighted by Gasteiger charge is -2.36. The minimum absolute atomic E-state index is 0.110. The Balaban J connectivity index is 4.31. The molecule has 2 nitrogen and oxygen atoms in total. The van der Waals surface area contributed by atoms with Crippen molar-refractivity contribution >= 4 is 0 Å². The molecule has 4 heteroatoms. The molecule has 0 aliphatic carbocycles. The van der Waals surface area contributed by atoms with Gasteiger partial charge >= 0.3 is 0 Å². The first-order valence-electron chi connectivity index (χ1n) is 7.02. The van der Waals surface area contributed by atoms with Crippen LogP contribution in [0.1, 0.15) is 40.5 Å². The van der Waals surface area contributed by atoms with Gasteiger partial charge in [-0.05, 0) is 37.8 Å². The highest BCUT2D eigenvalue weighted by Crippen LogP contribution is 2.26. The van der Waals surface area contributed by atoms with Gasteiger partial charge in [0.15, 0.2) is 0 Å². The van der Waals surface area contributed by atoms with Gasteiger partial charge in [0.25, 0.3) is 6.43 Å². The van der Waals surface area contributed by atoms with E-state index in [0.717, 1.165) is 32.5 Å². The summed E-state index contributed by atoms with van der Waals surface area (Å²) in [6.07, 6.45) is -0.213. The van der Waals surface area contributed by atoms with E-state index in [-0.39, 0.29) is 12.0 Å². The maximum Gasteiger partial charge on any atom is 0.251 e. The Morgan fingerprint density at radius 2 is 1.72 bits per heavy atom. The van der Waals surface area contributed by atoms with Crippen molar-refractivity contribution in [1.82, 2.24) is 10.2 Å². The highest BCUT2D eigenvalue weighted by molar-refractivity contribution is 4.82. The molecule has 110 valence electrons. The van der Waals surface area contributed by atoms with Crippen molar-refractivity contribution in [3.8, 4) is 0 Å². The van der Waals surface area contributed by atoms with Crippen LogP contribution in [0.2, 0.25) is 0 Å². The molecule has 0 amide bonds. The van der Waals surface area contributed by atoms with Gasteiger partial charge in [0.1, 0.15) is 0 Å². The number of hydrogen-bond donors (Lipinski definition) is 1. The second kappa shape index (κ2) is 8.81. The molecular formula is C14H30F2N2. The lowest BCUT2D eigenvalue weighted by molar-refractivity contribution is 0.0710. The van der Waals surface area contributed by atoms with Gasteiger partial charge < -0.3 is 10.2 Å². The molecule has 0 radical (unpaired) electrons. The minimum Gasteiger partial charge on any atom is -0.316 e. The maximum absolute atomic E-state index is 12.4. The lowest BCUT2D eigenvalue weighted by atomic mass is 9.81. The fraction of sp³-hybridized carbons (Fsp3) is 1.00. The fourth-order valence-electron chi connectivity index (χ4n) is 2.28. The predicted molar refractivity (Wildman–Crippen MR) is 74.2 cm³/mol. The molecule has 0 atom stereocenters. The molecule has 0 bridgehead atoms. The van der Waals surface area contributed by atoms with Gasteiger partial charge in [-0.2, -0.15) is 0 Å². The van der Waals surface area contributed by atoms with Crippen LogP contribution >= 0.6 is 0 Å². The van der Waals surface area contributed by atoms with E-state index in [1.165, 1.54) is 0 Å². The van der Waals surface area contributed by atoms with Gasteiger partial charge in [-0.3, -0.25) is 0 Å². The Morgan fingerprint density at radius 3 is 2.11 bits per heavy atom. The Labute approximate surface area is 111 Å². The zero-order chi connectivity index (χ0) is 14.2. The molecule has 0 fully saturated rings. The predicted octanol–water partition coefficient (Wildman–Crippen LogP) is 3.24. The first kappa shape index (κ1) is 17.8. The van der Waals surface area contributed by atoms with Crippen molar-refractivity contribution < 1.29 is 8.78 Å². The Kier molecular flexibility index (Phi) is 8.70. The number of halogens is 2. The molecular weight excluding hydrogens is 234 g/mol. The van der Waals surface area contributed by atoms with Crippen molar-refractivity contribution in [2.75, 3.05) is 33.2 Å². The Bertz CT molecular complexity index is 204. The number of nitrogens with zero attached hydrogens (tertiary/aromatic N) is 1. The molecule has 0 saturated carbocycles. The number of hydrogen-bond acceptors (Lipinski definition) is 2. The molecule has 1 N–H and O–H groups in total. The van der Waals surface area contributed by atoms with Gasteiger partial charge in [0.05, 0.1) is 6.54 Å². The van der Waals surface area contributed by atoms with Crippen molar-refractivity contribution in [1.29, 1.82) is 0 Å². The van der Waals surface area contributed by atoms with Gasteiger partial charge in [-0.1, -0.05) is 27.7 Å². The van der Waals surface area contributed by atoms with Crippen LogP contribution in [0, 0.1) is 11.3 Å². The van der Waals surface area contributed by atoms with Crippen LogP contribution in [0.3, 0.4) is 0 Å². The number of alkyl halides is 2. The lowest BCUT2D eigenvalue weighted by Crippen LogP contribution is -2.44. The summed E-state index contributed by atoms with van der Waals surface area (Å²) < 4.78 is 24.7. The van der Waals surface area contributed by atoms with Crippen LogP contribution in [0.15, 0.2) is 0 Å². The van der Waals surface area contributed by atoms with E-state index in [4.69, 9.17) is 0 Å². The standard InChI is InChI=1S/C14H30F2N2/c1-6-14(7-2,10-17-8-12(3)4)11-18(5)9-13(15)16/h12-13,17H,6-11H2,1-5H3. The third kappa shape index (κ3) is 7.27. The van der Waals surface area contributed by atoms with E-state index in [0.29, 0.717) is 5.92 Å². The summed E-state index contributed by atoms with van der Waals surface area (Å²) in [5, 5.41) is 3.47. The first-order chi connectivity index (χ1) is 8.35. The van der Waals surface area contributed by atoms with Crippen LogP contribution in [0.4, 0.5) is 8.78 Å². The highest BCUT2D eigenvalue weighted by Gasteiger charge is 2.28. The smallest absolute Gasteiger partial charge is 0.251 e. The Morgan fingerprint density at radius 1 is 1.17 bits per heavy atom. The van der Waals surface area contributed by atoms with Crippen molar-refractivity contribution in [3.05, 3.63) is 0 Å². The van der Waals surface area contributed by atoms with E-state index >= 15 is 0 Å². The summed E-state index contributed by atoms with van der Waals surface area (Å²) in [7, 11) is 1.79. The maximum atomic E-state index is 12.4. The number of rotatable bonds is 10. The molecule has 0 aromatic carbocycles. The summed E-state index contributed by atoms with van der Waals surface area (Å²) in [5.74, 6) is 0.621. The topological polar surface area (TPSA) is 15.3 Å². The van der Waals surface area contributed by atoms with Gasteiger partial charge in [-0.15, -0.1) is 0 Å². The summed E-state index contributed by atoms with van der Waals surface area (Å²) in [6.45, 7) is 11.1. The van der Waals surface area contributed by atoms with E-state index in [2.05, 4.69) is 33.0 Å². The molecule has 0 heterocycles. The van der Waals surface area contributed by atoms with Crippen LogP contribution in [-0.2, 0) is 0 Å². The van der Waals surface area contributed by atoms with Crippen molar-refractivity contribution in [2.45, 2.75) is 47.0 Å². The second-order valence-corrected chi connectivity index (χ2v) is 5.82. The fourth-order valence-corrected chi connectivity index (χ4v) is 2.28. The molecule has 0 saturated heterocycles. The molecule has 0 aliphatic rings.